The van der Waals surface area contributed by atoms with Crippen LogP contribution in [0.25, 0.3) is 0 Å². The number of hydrogen-bond donors (Lipinski definition) is 4. The lowest BCUT2D eigenvalue weighted by Gasteiger charge is -2.36. The molecule has 0 amide bonds. The second-order valence-electron chi connectivity index (χ2n) is 6.90. The molecule has 0 saturated carbocycles. The van der Waals surface area contributed by atoms with Crippen LogP contribution in [0.3, 0.4) is 0 Å². The highest BCUT2D eigenvalue weighted by Gasteiger charge is 2.42. The van der Waals surface area contributed by atoms with E-state index in [1.807, 2.05) is 35.2 Å². The van der Waals surface area contributed by atoms with E-state index in [0.717, 1.165) is 23.2 Å². The largest absolute Gasteiger partial charge is 0.462 e. The maximum Gasteiger partial charge on any atom is 0.326 e. The van der Waals surface area contributed by atoms with E-state index >= 15 is 0 Å². The summed E-state index contributed by atoms with van der Waals surface area (Å²) in [5.74, 6) is -0.288. The van der Waals surface area contributed by atoms with Gasteiger partial charge in [0, 0.05) is 25.6 Å². The monoisotopic (exact) mass is 395 g/mol. The van der Waals surface area contributed by atoms with E-state index in [1.165, 1.54) is 6.08 Å². The first-order chi connectivity index (χ1) is 14.0. The van der Waals surface area contributed by atoms with Crippen molar-refractivity contribution in [1.82, 2.24) is 20.2 Å². The molecule has 0 spiro atoms. The number of H-pyrrole nitrogens is 1. The van der Waals surface area contributed by atoms with Gasteiger partial charge in [0.15, 0.2) is 12.1 Å². The second kappa shape index (κ2) is 7.40. The number of nitrogens with zero attached hydrogens (tertiary/aromatic N) is 3. The van der Waals surface area contributed by atoms with Gasteiger partial charge in [-0.25, -0.2) is 4.98 Å². The fraction of sp³-hybridized carbons (Fsp3) is 0.263. The van der Waals surface area contributed by atoms with Crippen molar-refractivity contribution in [2.45, 2.75) is 25.2 Å². The molecule has 29 heavy (non-hydrogen) atoms. The summed E-state index contributed by atoms with van der Waals surface area (Å²) in [7, 11) is 0. The van der Waals surface area contributed by atoms with Crippen molar-refractivity contribution in [2.24, 2.45) is 5.73 Å². The molecule has 0 fully saturated rings. The zero-order valence-corrected chi connectivity index (χ0v) is 15.6. The standard InChI is InChI=1S/C19H21N7O3/c20-18(21)19(24-9-13-4-2-1-3-5-13)8-16(17(11-29-19)26(27)28)25-7-6-14-15(10-25)23-12-22-14/h1-5,8,11-12,24H,6-7,9-10H2,(H3,20,21)(H,22,23). The number of nitrogens with two attached hydrogens (primary N) is 1. The van der Waals surface area contributed by atoms with E-state index in [2.05, 4.69) is 15.3 Å². The molecule has 0 aliphatic carbocycles. The van der Waals surface area contributed by atoms with Gasteiger partial charge in [-0.15, -0.1) is 0 Å². The highest BCUT2D eigenvalue weighted by Crippen LogP contribution is 2.30. The number of fused-ring (bicyclic) bond motifs is 1. The molecule has 2 aromatic rings. The predicted octanol–water partition coefficient (Wildman–Crippen LogP) is 1.22. The number of imidazole rings is 1. The molecule has 1 aromatic carbocycles. The molecular weight excluding hydrogens is 374 g/mol. The van der Waals surface area contributed by atoms with Crippen LogP contribution in [0.1, 0.15) is 17.0 Å². The Morgan fingerprint density at radius 3 is 2.97 bits per heavy atom. The minimum Gasteiger partial charge on any atom is -0.462 e. The molecule has 1 unspecified atom stereocenters. The lowest BCUT2D eigenvalue weighted by Crippen LogP contribution is -2.56. The van der Waals surface area contributed by atoms with Crippen LogP contribution in [0.4, 0.5) is 0 Å². The molecule has 10 heteroatoms. The van der Waals surface area contributed by atoms with E-state index in [9.17, 15) is 10.1 Å². The van der Waals surface area contributed by atoms with Crippen LogP contribution in [0.2, 0.25) is 0 Å². The average molecular weight is 395 g/mol. The Morgan fingerprint density at radius 2 is 2.24 bits per heavy atom. The number of benzene rings is 1. The van der Waals surface area contributed by atoms with Crippen molar-refractivity contribution in [1.29, 1.82) is 5.41 Å². The van der Waals surface area contributed by atoms with Gasteiger partial charge in [-0.3, -0.25) is 20.8 Å². The maximum atomic E-state index is 11.6. The van der Waals surface area contributed by atoms with Crippen LogP contribution >= 0.6 is 0 Å². The highest BCUT2D eigenvalue weighted by molar-refractivity contribution is 5.88. The van der Waals surface area contributed by atoms with Crippen molar-refractivity contribution in [3.63, 3.8) is 0 Å². The number of rotatable bonds is 6. The Morgan fingerprint density at radius 1 is 1.45 bits per heavy atom. The number of hydrogen-bond acceptors (Lipinski definition) is 7. The Kier molecular flexibility index (Phi) is 4.77. The molecule has 0 bridgehead atoms. The van der Waals surface area contributed by atoms with Crippen LogP contribution in [0, 0.1) is 15.5 Å². The zero-order chi connectivity index (χ0) is 20.4. The van der Waals surface area contributed by atoms with E-state index in [0.29, 0.717) is 31.8 Å². The fourth-order valence-electron chi connectivity index (χ4n) is 3.48. The van der Waals surface area contributed by atoms with Crippen molar-refractivity contribution in [2.75, 3.05) is 6.54 Å². The molecular formula is C19H21N7O3. The first-order valence-electron chi connectivity index (χ1n) is 9.13. The minimum atomic E-state index is -1.47. The summed E-state index contributed by atoms with van der Waals surface area (Å²) in [5, 5.41) is 22.8. The second-order valence-corrected chi connectivity index (χ2v) is 6.90. The molecule has 4 rings (SSSR count). The van der Waals surface area contributed by atoms with E-state index in [-0.39, 0.29) is 11.5 Å². The molecule has 2 aliphatic heterocycles. The first-order valence-corrected chi connectivity index (χ1v) is 9.13. The molecule has 0 saturated heterocycles. The first kappa shape index (κ1) is 18.7. The Balaban J connectivity index is 1.66. The molecule has 2 aliphatic rings. The van der Waals surface area contributed by atoms with Gasteiger partial charge in [0.1, 0.15) is 5.70 Å². The third-order valence-corrected chi connectivity index (χ3v) is 5.07. The van der Waals surface area contributed by atoms with Gasteiger partial charge < -0.3 is 20.4 Å². The van der Waals surface area contributed by atoms with Gasteiger partial charge in [-0.1, -0.05) is 30.3 Å². The molecule has 5 N–H and O–H groups in total. The van der Waals surface area contributed by atoms with Crippen molar-refractivity contribution in [3.8, 4) is 0 Å². The number of aromatic amines is 1. The molecule has 1 aromatic heterocycles. The van der Waals surface area contributed by atoms with Crippen LogP contribution in [-0.4, -0.2) is 37.9 Å². The normalized spacial score (nSPS) is 20.9. The smallest absolute Gasteiger partial charge is 0.326 e. The van der Waals surface area contributed by atoms with Crippen LogP contribution in [0.5, 0.6) is 0 Å². The SMILES string of the molecule is N=C(N)C1(NCc2ccccc2)C=C(N2CCc3nc[nH]c3C2)C([N+](=O)[O-])=CO1. The Bertz CT molecular complexity index is 998. The predicted molar refractivity (Wildman–Crippen MR) is 105 cm³/mol. The number of nitro groups is 1. The van der Waals surface area contributed by atoms with Crippen molar-refractivity contribution >= 4 is 5.84 Å². The van der Waals surface area contributed by atoms with Gasteiger partial charge in [0.25, 0.3) is 0 Å². The van der Waals surface area contributed by atoms with Crippen molar-refractivity contribution < 1.29 is 9.66 Å². The van der Waals surface area contributed by atoms with Gasteiger partial charge in [0.05, 0.1) is 29.2 Å². The summed E-state index contributed by atoms with van der Waals surface area (Å²) in [4.78, 5) is 20.4. The van der Waals surface area contributed by atoms with E-state index in [1.54, 1.807) is 6.33 Å². The van der Waals surface area contributed by atoms with E-state index < -0.39 is 10.6 Å². The number of aromatic nitrogens is 2. The number of amidine groups is 1. The quantitative estimate of drug-likeness (QED) is 0.249. The summed E-state index contributed by atoms with van der Waals surface area (Å²) >= 11 is 0. The minimum absolute atomic E-state index is 0.175. The highest BCUT2D eigenvalue weighted by atomic mass is 16.6. The Hall–Kier alpha value is -3.66. The number of nitrogens with one attached hydrogen (secondary N) is 3. The van der Waals surface area contributed by atoms with Crippen LogP contribution < -0.4 is 11.1 Å². The molecule has 150 valence electrons. The zero-order valence-electron chi connectivity index (χ0n) is 15.6. The third kappa shape index (κ3) is 3.57. The molecule has 10 nitrogen and oxygen atoms in total. The lowest BCUT2D eigenvalue weighted by atomic mass is 10.0. The van der Waals surface area contributed by atoms with Gasteiger partial charge >= 0.3 is 5.70 Å². The average Bonchev–Trinajstić information content (AvgIpc) is 3.20. The Labute approximate surface area is 166 Å². The molecule has 1 atom stereocenters. The maximum absolute atomic E-state index is 11.6. The van der Waals surface area contributed by atoms with Crippen LogP contribution in [0.15, 0.2) is 60.4 Å². The topological polar surface area (TPSA) is 146 Å². The van der Waals surface area contributed by atoms with E-state index in [4.69, 9.17) is 15.9 Å². The van der Waals surface area contributed by atoms with Gasteiger partial charge in [0.2, 0.25) is 5.72 Å². The lowest BCUT2D eigenvalue weighted by molar-refractivity contribution is -0.425. The molecule has 3 heterocycles. The van der Waals surface area contributed by atoms with Crippen molar-refractivity contribution in [3.05, 3.63) is 87.5 Å². The third-order valence-electron chi connectivity index (χ3n) is 5.07. The van der Waals surface area contributed by atoms with Crippen LogP contribution in [-0.2, 0) is 24.2 Å². The number of ether oxygens (including phenoxy) is 1. The van der Waals surface area contributed by atoms with Gasteiger partial charge in [-0.05, 0) is 5.56 Å². The summed E-state index contributed by atoms with van der Waals surface area (Å²) in [6.45, 7) is 1.37. The summed E-state index contributed by atoms with van der Waals surface area (Å²) in [5.41, 5.74) is 7.41. The summed E-state index contributed by atoms with van der Waals surface area (Å²) in [6.07, 6.45) is 4.87. The molecule has 0 radical (unpaired) electrons. The fourth-order valence-corrected chi connectivity index (χ4v) is 3.48. The summed E-state index contributed by atoms with van der Waals surface area (Å²) < 4.78 is 5.61. The summed E-state index contributed by atoms with van der Waals surface area (Å²) in [6, 6.07) is 9.57. The van der Waals surface area contributed by atoms with Gasteiger partial charge in [-0.2, -0.15) is 0 Å².